The number of halogens is 2. The normalized spacial score (nSPS) is 20.1. The minimum Gasteiger partial charge on any atom is -0.490 e. The van der Waals surface area contributed by atoms with Crippen molar-refractivity contribution in [2.75, 3.05) is 6.61 Å². The molecule has 2 atom stereocenters. The minimum atomic E-state index is -3.05. The zero-order chi connectivity index (χ0) is 19.8. The van der Waals surface area contributed by atoms with E-state index in [1.807, 2.05) is 6.07 Å². The number of carbonyl (C=O) groups is 1. The molecule has 1 N–H and O–H groups in total. The third kappa shape index (κ3) is 5.68. The van der Waals surface area contributed by atoms with E-state index in [0.29, 0.717) is 5.92 Å². The molecule has 146 valence electrons. The smallest absolute Gasteiger partial charge is 0.387 e. The van der Waals surface area contributed by atoms with Crippen LogP contribution in [0.4, 0.5) is 8.78 Å². The zero-order valence-corrected chi connectivity index (χ0v) is 15.5. The second-order valence-corrected chi connectivity index (χ2v) is 6.50. The molecule has 1 amide bonds. The third-order valence-corrected chi connectivity index (χ3v) is 4.61. The van der Waals surface area contributed by atoms with Crippen molar-refractivity contribution in [1.82, 2.24) is 5.32 Å². The summed E-state index contributed by atoms with van der Waals surface area (Å²) in [5.74, 6) is -0.242. The van der Waals surface area contributed by atoms with Gasteiger partial charge in [0.05, 0.1) is 6.61 Å². The number of para-hydroxylation sites is 1. The maximum absolute atomic E-state index is 12.8. The Morgan fingerprint density at radius 3 is 2.78 bits per heavy atom. The van der Waals surface area contributed by atoms with Crippen molar-refractivity contribution in [2.45, 2.75) is 52.2 Å². The van der Waals surface area contributed by atoms with Gasteiger partial charge in [-0.2, -0.15) is 14.0 Å². The summed E-state index contributed by atoms with van der Waals surface area (Å²) in [6, 6.07) is 6.44. The van der Waals surface area contributed by atoms with Gasteiger partial charge < -0.3 is 14.8 Å². The van der Waals surface area contributed by atoms with Crippen LogP contribution in [-0.2, 0) is 4.79 Å². The highest BCUT2D eigenvalue weighted by Gasteiger charge is 2.24. The SMILES string of the molecule is CCOc1cccc(/C=C(\C#N)C(=O)N[C@H]2CCCC[C@@H]2C)c1OC(F)F. The first-order valence-corrected chi connectivity index (χ1v) is 9.09. The molecule has 2 rings (SSSR count). The first-order chi connectivity index (χ1) is 13.0. The second kappa shape index (κ2) is 9.91. The first kappa shape index (κ1) is 20.7. The van der Waals surface area contributed by atoms with Crippen molar-refractivity contribution in [3.63, 3.8) is 0 Å². The van der Waals surface area contributed by atoms with Gasteiger partial charge in [0.2, 0.25) is 0 Å². The van der Waals surface area contributed by atoms with Crippen molar-refractivity contribution in [2.24, 2.45) is 5.92 Å². The standard InChI is InChI=1S/C20H24F2N2O3/c1-3-26-17-10-6-8-14(18(17)27-20(21)22)11-15(12-23)19(25)24-16-9-5-4-7-13(16)2/h6,8,10-11,13,16,20H,3-5,7,9H2,1-2H3,(H,24,25)/b15-11+/t13-,16-/m0/s1. The monoisotopic (exact) mass is 378 g/mol. The number of alkyl halides is 2. The number of nitrogens with zero attached hydrogens (tertiary/aromatic N) is 1. The molecule has 0 saturated heterocycles. The lowest BCUT2D eigenvalue weighted by Crippen LogP contribution is -2.41. The predicted molar refractivity (Wildman–Crippen MR) is 97.4 cm³/mol. The van der Waals surface area contributed by atoms with Crippen LogP contribution in [0.2, 0.25) is 0 Å². The van der Waals surface area contributed by atoms with Crippen molar-refractivity contribution < 1.29 is 23.0 Å². The summed E-state index contributed by atoms with van der Waals surface area (Å²) in [5, 5.41) is 12.3. The van der Waals surface area contributed by atoms with Crippen LogP contribution in [0.25, 0.3) is 6.08 Å². The van der Waals surface area contributed by atoms with Gasteiger partial charge in [-0.15, -0.1) is 0 Å². The lowest BCUT2D eigenvalue weighted by molar-refractivity contribution is -0.118. The Morgan fingerprint density at radius 1 is 1.41 bits per heavy atom. The molecule has 0 heterocycles. The van der Waals surface area contributed by atoms with Gasteiger partial charge in [0.25, 0.3) is 5.91 Å². The van der Waals surface area contributed by atoms with E-state index in [1.165, 1.54) is 18.2 Å². The average molecular weight is 378 g/mol. The summed E-state index contributed by atoms with van der Waals surface area (Å²) in [6.45, 7) is 0.993. The van der Waals surface area contributed by atoms with Crippen LogP contribution in [0.15, 0.2) is 23.8 Å². The van der Waals surface area contributed by atoms with Crippen LogP contribution in [0.5, 0.6) is 11.5 Å². The van der Waals surface area contributed by atoms with E-state index in [2.05, 4.69) is 17.0 Å². The molecule has 27 heavy (non-hydrogen) atoms. The summed E-state index contributed by atoms with van der Waals surface area (Å²) >= 11 is 0. The minimum absolute atomic E-state index is 0.00884. The van der Waals surface area contributed by atoms with Crippen molar-refractivity contribution in [1.29, 1.82) is 5.26 Å². The number of nitrogens with one attached hydrogen (secondary N) is 1. The molecule has 0 spiro atoms. The molecule has 5 nitrogen and oxygen atoms in total. The Balaban J connectivity index is 2.29. The van der Waals surface area contributed by atoms with Crippen molar-refractivity contribution in [3.05, 3.63) is 29.3 Å². The maximum atomic E-state index is 12.8. The van der Waals surface area contributed by atoms with E-state index in [4.69, 9.17) is 4.74 Å². The summed E-state index contributed by atoms with van der Waals surface area (Å²) in [7, 11) is 0. The Kier molecular flexibility index (Phi) is 7.59. The maximum Gasteiger partial charge on any atom is 0.387 e. The molecule has 0 bridgehead atoms. The number of rotatable bonds is 7. The summed E-state index contributed by atoms with van der Waals surface area (Å²) in [4.78, 5) is 12.5. The topological polar surface area (TPSA) is 71.3 Å². The van der Waals surface area contributed by atoms with Gasteiger partial charge in [-0.05, 0) is 37.8 Å². The van der Waals surface area contributed by atoms with Crippen LogP contribution < -0.4 is 14.8 Å². The number of nitriles is 1. The molecule has 0 unspecified atom stereocenters. The second-order valence-electron chi connectivity index (χ2n) is 6.50. The number of hydrogen-bond donors (Lipinski definition) is 1. The Hall–Kier alpha value is -2.62. The van der Waals surface area contributed by atoms with E-state index in [9.17, 15) is 18.8 Å². The fourth-order valence-corrected chi connectivity index (χ4v) is 3.21. The molecule has 1 fully saturated rings. The average Bonchev–Trinajstić information content (AvgIpc) is 2.63. The highest BCUT2D eigenvalue weighted by Crippen LogP contribution is 2.34. The van der Waals surface area contributed by atoms with E-state index >= 15 is 0 Å². The molecule has 0 aliphatic heterocycles. The summed E-state index contributed by atoms with van der Waals surface area (Å²) < 4.78 is 35.5. The third-order valence-electron chi connectivity index (χ3n) is 4.61. The number of benzene rings is 1. The van der Waals surface area contributed by atoms with Crippen LogP contribution in [0.1, 0.15) is 45.1 Å². The molecule has 0 aromatic heterocycles. The Bertz CT molecular complexity index is 728. The van der Waals surface area contributed by atoms with Crippen LogP contribution >= 0.6 is 0 Å². The zero-order valence-electron chi connectivity index (χ0n) is 15.5. The van der Waals surface area contributed by atoms with Crippen LogP contribution in [-0.4, -0.2) is 25.2 Å². The number of carbonyl (C=O) groups excluding carboxylic acids is 1. The van der Waals surface area contributed by atoms with Crippen molar-refractivity contribution in [3.8, 4) is 17.6 Å². The van der Waals surface area contributed by atoms with E-state index in [0.717, 1.165) is 25.7 Å². The molecular formula is C20H24F2N2O3. The summed E-state index contributed by atoms with van der Waals surface area (Å²) in [6.07, 6.45) is 5.31. The molecule has 1 aliphatic rings. The lowest BCUT2D eigenvalue weighted by atomic mass is 9.86. The van der Waals surface area contributed by atoms with Gasteiger partial charge >= 0.3 is 6.61 Å². The number of ether oxygens (including phenoxy) is 2. The molecule has 0 radical (unpaired) electrons. The molecule has 1 saturated carbocycles. The molecule has 1 aliphatic carbocycles. The number of amides is 1. The van der Waals surface area contributed by atoms with Crippen LogP contribution in [0, 0.1) is 17.2 Å². The highest BCUT2D eigenvalue weighted by molar-refractivity contribution is 6.02. The first-order valence-electron chi connectivity index (χ1n) is 9.09. The molecule has 1 aromatic carbocycles. The fraction of sp³-hybridized carbons (Fsp3) is 0.500. The predicted octanol–water partition coefficient (Wildman–Crippen LogP) is 4.29. The van der Waals surface area contributed by atoms with E-state index in [-0.39, 0.29) is 35.3 Å². The van der Waals surface area contributed by atoms with E-state index < -0.39 is 12.5 Å². The number of hydrogen-bond acceptors (Lipinski definition) is 4. The van der Waals surface area contributed by atoms with Gasteiger partial charge in [-0.25, -0.2) is 0 Å². The van der Waals surface area contributed by atoms with E-state index in [1.54, 1.807) is 13.0 Å². The molecule has 7 heteroatoms. The fourth-order valence-electron chi connectivity index (χ4n) is 3.21. The van der Waals surface area contributed by atoms with Crippen LogP contribution in [0.3, 0.4) is 0 Å². The molecular weight excluding hydrogens is 354 g/mol. The van der Waals surface area contributed by atoms with Gasteiger partial charge in [-0.3, -0.25) is 4.79 Å². The van der Waals surface area contributed by atoms with Gasteiger partial charge in [0.15, 0.2) is 11.5 Å². The van der Waals surface area contributed by atoms with Gasteiger partial charge in [-0.1, -0.05) is 31.9 Å². The highest BCUT2D eigenvalue weighted by atomic mass is 19.3. The quantitative estimate of drug-likeness (QED) is 0.568. The molecule has 1 aromatic rings. The Morgan fingerprint density at radius 2 is 2.15 bits per heavy atom. The van der Waals surface area contributed by atoms with Gasteiger partial charge in [0, 0.05) is 11.6 Å². The summed E-state index contributed by atoms with van der Waals surface area (Å²) in [5.41, 5.74) is 0.0187. The van der Waals surface area contributed by atoms with Crippen molar-refractivity contribution >= 4 is 12.0 Å². The lowest BCUT2D eigenvalue weighted by Gasteiger charge is -2.29. The largest absolute Gasteiger partial charge is 0.490 e. The van der Waals surface area contributed by atoms with Gasteiger partial charge in [0.1, 0.15) is 11.6 Å². The Labute approximate surface area is 158 Å².